The number of allylic oxidation sites excluding steroid dienone is 2. The van der Waals surface area contributed by atoms with Gasteiger partial charge in [-0.1, -0.05) is 29.8 Å². The van der Waals surface area contributed by atoms with Crippen molar-refractivity contribution in [1.82, 2.24) is 0 Å². The van der Waals surface area contributed by atoms with Crippen LogP contribution in [0, 0.1) is 5.92 Å². The van der Waals surface area contributed by atoms with Gasteiger partial charge >= 0.3 is 0 Å². The zero-order valence-corrected chi connectivity index (χ0v) is 20.3. The number of carbonyl (C=O) groups excluding carboxylic acids is 1. The second-order valence-electron chi connectivity index (χ2n) is 9.86. The lowest BCUT2D eigenvalue weighted by atomic mass is 9.68. The summed E-state index contributed by atoms with van der Waals surface area (Å²) in [7, 11) is 2.89. The quantitative estimate of drug-likeness (QED) is 0.498. The first-order valence-corrected chi connectivity index (χ1v) is 11.5. The number of aliphatic hydroxyl groups is 2. The monoisotopic (exact) mass is 467 g/mol. The van der Waals surface area contributed by atoms with Crippen LogP contribution < -0.4 is 10.1 Å². The van der Waals surface area contributed by atoms with E-state index in [0.29, 0.717) is 22.6 Å². The molecule has 2 aromatic rings. The number of carbonyl (C=O) groups is 1. The fourth-order valence-electron chi connectivity index (χ4n) is 5.47. The van der Waals surface area contributed by atoms with E-state index in [1.54, 1.807) is 57.4 Å². The maximum atomic E-state index is 12.9. The van der Waals surface area contributed by atoms with Crippen LogP contribution in [0.15, 0.2) is 48.0 Å². The first-order valence-electron chi connectivity index (χ1n) is 11.5. The second kappa shape index (κ2) is 8.73. The number of phenolic OH excluding ortho intramolecular Hbond substituents is 1. The van der Waals surface area contributed by atoms with Gasteiger partial charge in [-0.05, 0) is 63.3 Å². The molecule has 7 heteroatoms. The Hall–Kier alpha value is -2.87. The molecular formula is C27H33NO6. The number of hydrogen-bond acceptors (Lipinski definition) is 6. The molecule has 4 N–H and O–H groups in total. The van der Waals surface area contributed by atoms with Crippen molar-refractivity contribution >= 4 is 11.6 Å². The Balaban J connectivity index is 1.95. The van der Waals surface area contributed by atoms with Gasteiger partial charge < -0.3 is 30.1 Å². The fraction of sp³-hybridized carbons (Fsp3) is 0.444. The molecule has 0 unspecified atom stereocenters. The number of phenols is 1. The SMILES string of the molecule is COc1ccc([C@]2(O)c3c(ccc([C@@H]4C=C(C)CC[C@@H]4C(C)(C)O)c3O)NC(=O)[C@H]2OC)cc1. The van der Waals surface area contributed by atoms with Crippen molar-refractivity contribution in [1.29, 1.82) is 0 Å². The number of benzene rings is 2. The number of fused-ring (bicyclic) bond motifs is 1. The number of ether oxygens (including phenoxy) is 2. The molecule has 1 aliphatic heterocycles. The van der Waals surface area contributed by atoms with Gasteiger partial charge in [0.25, 0.3) is 5.91 Å². The van der Waals surface area contributed by atoms with E-state index in [9.17, 15) is 20.1 Å². The zero-order chi connectivity index (χ0) is 24.8. The van der Waals surface area contributed by atoms with Gasteiger partial charge in [-0.2, -0.15) is 0 Å². The molecular weight excluding hydrogens is 434 g/mol. The number of hydrogen-bond donors (Lipinski definition) is 4. The van der Waals surface area contributed by atoms with E-state index >= 15 is 0 Å². The molecule has 34 heavy (non-hydrogen) atoms. The zero-order valence-electron chi connectivity index (χ0n) is 20.3. The molecule has 0 fully saturated rings. The van der Waals surface area contributed by atoms with Crippen LogP contribution >= 0.6 is 0 Å². The summed E-state index contributed by atoms with van der Waals surface area (Å²) in [6.07, 6.45) is 2.43. The Morgan fingerprint density at radius 2 is 1.79 bits per heavy atom. The molecule has 7 nitrogen and oxygen atoms in total. The molecule has 0 spiro atoms. The standard InChI is InChI=1S/C27H33NO6/c1-15-6-12-20(26(2,3)31)19(14-15)18-11-13-21-22(23(18)29)27(32,24(34-5)25(30)28-21)16-7-9-17(33-4)10-8-16/h7-11,13-14,19-20,24,29,31-32H,6,12H2,1-5H3,(H,28,30)/t19-,20-,24+,27-/m0/s1. The number of aromatic hydroxyl groups is 1. The number of rotatable bonds is 5. The predicted molar refractivity (Wildman–Crippen MR) is 129 cm³/mol. The maximum absolute atomic E-state index is 12.9. The highest BCUT2D eigenvalue weighted by Gasteiger charge is 2.52. The summed E-state index contributed by atoms with van der Waals surface area (Å²) < 4.78 is 10.7. The van der Waals surface area contributed by atoms with Crippen molar-refractivity contribution in [3.05, 3.63) is 64.7 Å². The molecule has 1 amide bonds. The van der Waals surface area contributed by atoms with Crippen molar-refractivity contribution in [2.45, 2.75) is 56.8 Å². The van der Waals surface area contributed by atoms with Crippen LogP contribution in [0.2, 0.25) is 0 Å². The highest BCUT2D eigenvalue weighted by atomic mass is 16.5. The van der Waals surface area contributed by atoms with Gasteiger partial charge in [0, 0.05) is 18.6 Å². The lowest BCUT2D eigenvalue weighted by Crippen LogP contribution is -2.52. The third-order valence-electron chi connectivity index (χ3n) is 7.25. The molecule has 4 rings (SSSR count). The highest BCUT2D eigenvalue weighted by Crippen LogP contribution is 2.52. The first kappa shape index (κ1) is 24.3. The van der Waals surface area contributed by atoms with E-state index in [1.165, 1.54) is 12.7 Å². The Morgan fingerprint density at radius 1 is 1.12 bits per heavy atom. The van der Waals surface area contributed by atoms with Crippen LogP contribution in [0.25, 0.3) is 0 Å². The van der Waals surface area contributed by atoms with Crippen LogP contribution in [-0.4, -0.2) is 47.2 Å². The van der Waals surface area contributed by atoms with E-state index in [4.69, 9.17) is 9.47 Å². The van der Waals surface area contributed by atoms with Crippen molar-refractivity contribution in [2.75, 3.05) is 19.5 Å². The lowest BCUT2D eigenvalue weighted by Gasteiger charge is -2.42. The lowest BCUT2D eigenvalue weighted by molar-refractivity contribution is -0.142. The predicted octanol–water partition coefficient (Wildman–Crippen LogP) is 3.81. The molecule has 0 aromatic heterocycles. The maximum Gasteiger partial charge on any atom is 0.257 e. The minimum absolute atomic E-state index is 0.122. The smallest absolute Gasteiger partial charge is 0.257 e. The van der Waals surface area contributed by atoms with E-state index in [-0.39, 0.29) is 23.1 Å². The third kappa shape index (κ3) is 3.87. The van der Waals surface area contributed by atoms with Crippen LogP contribution in [0.5, 0.6) is 11.5 Å². The van der Waals surface area contributed by atoms with Crippen molar-refractivity contribution in [3.63, 3.8) is 0 Å². The third-order valence-corrected chi connectivity index (χ3v) is 7.25. The molecule has 0 radical (unpaired) electrons. The number of amides is 1. The molecule has 2 aromatic carbocycles. The summed E-state index contributed by atoms with van der Waals surface area (Å²) in [6.45, 7) is 5.60. The molecule has 182 valence electrons. The number of methoxy groups -OCH3 is 2. The largest absolute Gasteiger partial charge is 0.507 e. The molecule has 1 heterocycles. The molecule has 0 bridgehead atoms. The van der Waals surface area contributed by atoms with Gasteiger partial charge in [-0.3, -0.25) is 4.79 Å². The van der Waals surface area contributed by atoms with Gasteiger partial charge in [-0.15, -0.1) is 0 Å². The Morgan fingerprint density at radius 3 is 2.38 bits per heavy atom. The topological polar surface area (TPSA) is 108 Å². The first-order chi connectivity index (χ1) is 16.0. The summed E-state index contributed by atoms with van der Waals surface area (Å²) in [5.74, 6) is -0.439. The van der Waals surface area contributed by atoms with Gasteiger partial charge in [0.05, 0.1) is 24.0 Å². The van der Waals surface area contributed by atoms with Crippen molar-refractivity contribution in [3.8, 4) is 11.5 Å². The van der Waals surface area contributed by atoms with Crippen LogP contribution in [0.3, 0.4) is 0 Å². The molecule has 2 aliphatic rings. The Kier molecular flexibility index (Phi) is 6.23. The fourth-order valence-corrected chi connectivity index (χ4v) is 5.47. The van der Waals surface area contributed by atoms with Gasteiger partial charge in [0.2, 0.25) is 0 Å². The minimum atomic E-state index is -1.95. The molecule has 1 aliphatic carbocycles. The van der Waals surface area contributed by atoms with E-state index in [0.717, 1.165) is 12.8 Å². The van der Waals surface area contributed by atoms with Gasteiger partial charge in [0.15, 0.2) is 11.7 Å². The second-order valence-corrected chi connectivity index (χ2v) is 9.86. The van der Waals surface area contributed by atoms with E-state index in [2.05, 4.69) is 11.4 Å². The number of anilines is 1. The molecule has 4 atom stereocenters. The van der Waals surface area contributed by atoms with Gasteiger partial charge in [-0.25, -0.2) is 0 Å². The van der Waals surface area contributed by atoms with E-state index in [1.807, 2.05) is 6.92 Å². The summed E-state index contributed by atoms with van der Waals surface area (Å²) >= 11 is 0. The van der Waals surface area contributed by atoms with Crippen LogP contribution in [0.4, 0.5) is 5.69 Å². The van der Waals surface area contributed by atoms with Crippen molar-refractivity contribution in [2.24, 2.45) is 5.92 Å². The molecule has 0 saturated carbocycles. The Bertz CT molecular complexity index is 1120. The highest BCUT2D eigenvalue weighted by molar-refractivity contribution is 6.00. The average Bonchev–Trinajstić information content (AvgIpc) is 2.78. The van der Waals surface area contributed by atoms with Crippen LogP contribution in [-0.2, 0) is 15.1 Å². The average molecular weight is 468 g/mol. The summed E-state index contributed by atoms with van der Waals surface area (Å²) in [4.78, 5) is 12.9. The summed E-state index contributed by atoms with van der Waals surface area (Å²) in [5.41, 5.74) is -0.282. The number of nitrogens with one attached hydrogen (secondary N) is 1. The minimum Gasteiger partial charge on any atom is -0.507 e. The van der Waals surface area contributed by atoms with Gasteiger partial charge in [0.1, 0.15) is 11.5 Å². The van der Waals surface area contributed by atoms with Crippen LogP contribution in [0.1, 0.15) is 56.2 Å². The Labute approximate surface area is 200 Å². The molecule has 0 saturated heterocycles. The summed E-state index contributed by atoms with van der Waals surface area (Å²) in [6, 6.07) is 10.1. The van der Waals surface area contributed by atoms with Crippen molar-refractivity contribution < 1.29 is 29.6 Å². The van der Waals surface area contributed by atoms with E-state index < -0.39 is 23.2 Å². The summed E-state index contributed by atoms with van der Waals surface area (Å²) in [5, 5.41) is 37.4. The normalized spacial score (nSPS) is 27.0.